The Morgan fingerprint density at radius 1 is 1.04 bits per heavy atom. The van der Waals surface area contributed by atoms with Crippen molar-refractivity contribution >= 4 is 21.6 Å². The monoisotopic (exact) mass is 352 g/mol. The van der Waals surface area contributed by atoms with Gasteiger partial charge in [-0.05, 0) is 68.0 Å². The summed E-state index contributed by atoms with van der Waals surface area (Å²) in [6.07, 6.45) is 4.88. The van der Waals surface area contributed by atoms with Crippen LogP contribution in [0.5, 0.6) is 0 Å². The Morgan fingerprint density at radius 2 is 1.84 bits per heavy atom. The molecule has 0 amide bonds. The van der Waals surface area contributed by atoms with Crippen LogP contribution in [0.1, 0.15) is 24.0 Å². The van der Waals surface area contributed by atoms with Gasteiger partial charge in [-0.15, -0.1) is 0 Å². The third kappa shape index (κ3) is 4.20. The molecule has 0 atom stereocenters. The highest BCUT2D eigenvalue weighted by molar-refractivity contribution is 7.16. The lowest BCUT2D eigenvalue weighted by Gasteiger charge is -2.32. The summed E-state index contributed by atoms with van der Waals surface area (Å²) in [7, 11) is 0. The molecule has 2 heterocycles. The second kappa shape index (κ2) is 7.54. The first-order valence-corrected chi connectivity index (χ1v) is 9.96. The minimum Gasteiger partial charge on any atom is -0.312 e. The molecule has 1 aromatic heterocycles. The molecule has 4 rings (SSSR count). The van der Waals surface area contributed by atoms with E-state index in [-0.39, 0.29) is 4.87 Å². The number of hydrogen-bond acceptors (Lipinski definition) is 3. The summed E-state index contributed by atoms with van der Waals surface area (Å²) in [5.74, 6) is 0.826. The fourth-order valence-corrected chi connectivity index (χ4v) is 4.59. The van der Waals surface area contributed by atoms with E-state index >= 15 is 0 Å². The molecule has 1 aliphatic rings. The van der Waals surface area contributed by atoms with Gasteiger partial charge in [-0.3, -0.25) is 4.79 Å². The van der Waals surface area contributed by atoms with E-state index in [9.17, 15) is 4.79 Å². The molecule has 25 heavy (non-hydrogen) atoms. The second-order valence-corrected chi connectivity index (χ2v) is 8.08. The van der Waals surface area contributed by atoms with E-state index in [1.54, 1.807) is 0 Å². The number of rotatable bonds is 5. The van der Waals surface area contributed by atoms with Gasteiger partial charge in [0.1, 0.15) is 0 Å². The summed E-state index contributed by atoms with van der Waals surface area (Å²) in [6.45, 7) is 3.53. The van der Waals surface area contributed by atoms with Crippen LogP contribution in [0.4, 0.5) is 0 Å². The molecule has 130 valence electrons. The first kappa shape index (κ1) is 16.6. The zero-order chi connectivity index (χ0) is 17.1. The van der Waals surface area contributed by atoms with E-state index in [1.807, 2.05) is 6.07 Å². The van der Waals surface area contributed by atoms with E-state index < -0.39 is 0 Å². The highest BCUT2D eigenvalue weighted by Crippen LogP contribution is 2.22. The molecular weight excluding hydrogens is 328 g/mol. The average molecular weight is 353 g/mol. The maximum Gasteiger partial charge on any atom is 0.305 e. The van der Waals surface area contributed by atoms with Gasteiger partial charge in [-0.2, -0.15) is 0 Å². The van der Waals surface area contributed by atoms with E-state index in [1.165, 1.54) is 54.8 Å². The van der Waals surface area contributed by atoms with Crippen LogP contribution in [0.15, 0.2) is 53.3 Å². The smallest absolute Gasteiger partial charge is 0.305 e. The van der Waals surface area contributed by atoms with Gasteiger partial charge in [0.2, 0.25) is 0 Å². The first-order valence-electron chi connectivity index (χ1n) is 9.14. The molecule has 3 nitrogen and oxygen atoms in total. The van der Waals surface area contributed by atoms with Crippen molar-refractivity contribution in [3.05, 3.63) is 69.3 Å². The Kier molecular flexibility index (Phi) is 4.99. The lowest BCUT2D eigenvalue weighted by atomic mass is 9.90. The first-order chi connectivity index (χ1) is 12.3. The zero-order valence-electron chi connectivity index (χ0n) is 14.4. The fourth-order valence-electron chi connectivity index (χ4n) is 3.79. The summed E-state index contributed by atoms with van der Waals surface area (Å²) < 4.78 is 1.07. The number of aromatic amines is 1. The van der Waals surface area contributed by atoms with E-state index in [0.29, 0.717) is 0 Å². The number of fused-ring (bicyclic) bond motifs is 1. The molecule has 2 aromatic carbocycles. The number of nitrogens with zero attached hydrogens (tertiary/aromatic N) is 1. The van der Waals surface area contributed by atoms with Gasteiger partial charge in [-0.1, -0.05) is 47.7 Å². The fraction of sp³-hybridized carbons (Fsp3) is 0.381. The number of benzene rings is 2. The Morgan fingerprint density at radius 3 is 2.64 bits per heavy atom. The summed E-state index contributed by atoms with van der Waals surface area (Å²) in [5, 5.41) is 0. The topological polar surface area (TPSA) is 36.1 Å². The maximum absolute atomic E-state index is 11.4. The van der Waals surface area contributed by atoms with Crippen molar-refractivity contribution in [1.82, 2.24) is 9.88 Å². The van der Waals surface area contributed by atoms with Crippen LogP contribution >= 0.6 is 11.3 Å². The number of nitrogens with one attached hydrogen (secondary N) is 1. The molecular formula is C21H24N2OS. The van der Waals surface area contributed by atoms with Crippen LogP contribution in [-0.2, 0) is 12.8 Å². The highest BCUT2D eigenvalue weighted by Gasteiger charge is 2.19. The van der Waals surface area contributed by atoms with Gasteiger partial charge < -0.3 is 9.88 Å². The normalized spacial score (nSPS) is 16.5. The molecule has 1 saturated heterocycles. The zero-order valence-corrected chi connectivity index (χ0v) is 15.2. The van der Waals surface area contributed by atoms with Crippen molar-refractivity contribution in [2.75, 3.05) is 19.6 Å². The number of H-pyrrole nitrogens is 1. The van der Waals surface area contributed by atoms with Crippen molar-refractivity contribution in [3.8, 4) is 0 Å². The van der Waals surface area contributed by atoms with Crippen molar-refractivity contribution in [2.24, 2.45) is 5.92 Å². The third-order valence-electron chi connectivity index (χ3n) is 5.28. The lowest BCUT2D eigenvalue weighted by Crippen LogP contribution is -2.35. The average Bonchev–Trinajstić information content (AvgIpc) is 3.01. The van der Waals surface area contributed by atoms with Gasteiger partial charge in [-0.25, -0.2) is 0 Å². The number of thiazole rings is 1. The summed E-state index contributed by atoms with van der Waals surface area (Å²) in [4.78, 5) is 16.9. The number of aromatic nitrogens is 1. The van der Waals surface area contributed by atoms with Crippen LogP contribution in [0, 0.1) is 5.92 Å². The van der Waals surface area contributed by atoms with Crippen LogP contribution in [0.2, 0.25) is 0 Å². The van der Waals surface area contributed by atoms with Gasteiger partial charge in [0.15, 0.2) is 0 Å². The Bertz CT molecular complexity index is 876. The second-order valence-electron chi connectivity index (χ2n) is 7.07. The van der Waals surface area contributed by atoms with Crippen molar-refractivity contribution in [2.45, 2.75) is 25.7 Å². The van der Waals surface area contributed by atoms with Crippen LogP contribution < -0.4 is 4.87 Å². The van der Waals surface area contributed by atoms with Gasteiger partial charge >= 0.3 is 4.87 Å². The Hall–Kier alpha value is -1.91. The molecule has 0 radical (unpaired) electrons. The van der Waals surface area contributed by atoms with Gasteiger partial charge in [0.25, 0.3) is 0 Å². The maximum atomic E-state index is 11.4. The molecule has 0 aliphatic carbocycles. The summed E-state index contributed by atoms with van der Waals surface area (Å²) in [6, 6.07) is 17.2. The van der Waals surface area contributed by atoms with E-state index in [4.69, 9.17) is 0 Å². The largest absolute Gasteiger partial charge is 0.312 e. The molecule has 0 bridgehead atoms. The van der Waals surface area contributed by atoms with Gasteiger partial charge in [0, 0.05) is 6.54 Å². The van der Waals surface area contributed by atoms with Crippen molar-refractivity contribution < 1.29 is 0 Å². The predicted octanol–water partition coefficient (Wildman–Crippen LogP) is 4.09. The standard InChI is InChI=1S/C21H24N2OS/c24-21-22-19-7-6-17(15-20(19)25-21)8-11-23-12-9-18(10-13-23)14-16-4-2-1-3-5-16/h1-7,15,18H,8-14H2,(H,22,24). The Labute approximate surface area is 152 Å². The SMILES string of the molecule is O=c1[nH]c2ccc(CCN3CCC(Cc4ccccc4)CC3)cc2s1. The highest BCUT2D eigenvalue weighted by atomic mass is 32.1. The third-order valence-corrected chi connectivity index (χ3v) is 6.12. The molecule has 0 spiro atoms. The minimum absolute atomic E-state index is 0.0349. The van der Waals surface area contributed by atoms with E-state index in [0.717, 1.165) is 29.1 Å². The quantitative estimate of drug-likeness (QED) is 0.751. The summed E-state index contributed by atoms with van der Waals surface area (Å²) >= 11 is 1.30. The lowest BCUT2D eigenvalue weighted by molar-refractivity contribution is 0.186. The number of likely N-dealkylation sites (tertiary alicyclic amines) is 1. The molecule has 0 unspecified atom stereocenters. The van der Waals surface area contributed by atoms with Crippen molar-refractivity contribution in [3.63, 3.8) is 0 Å². The minimum atomic E-state index is 0.0349. The molecule has 1 aliphatic heterocycles. The molecule has 3 aromatic rings. The molecule has 0 saturated carbocycles. The molecule has 1 fully saturated rings. The molecule has 1 N–H and O–H groups in total. The van der Waals surface area contributed by atoms with Crippen LogP contribution in [0.3, 0.4) is 0 Å². The Balaban J connectivity index is 1.27. The van der Waals surface area contributed by atoms with E-state index in [2.05, 4.69) is 52.3 Å². The summed E-state index contributed by atoms with van der Waals surface area (Å²) in [5.41, 5.74) is 3.76. The van der Waals surface area contributed by atoms with Crippen LogP contribution in [-0.4, -0.2) is 29.5 Å². The number of piperidine rings is 1. The van der Waals surface area contributed by atoms with Gasteiger partial charge in [0.05, 0.1) is 10.2 Å². The molecule has 4 heteroatoms. The number of hydrogen-bond donors (Lipinski definition) is 1. The van der Waals surface area contributed by atoms with Crippen LogP contribution in [0.25, 0.3) is 10.2 Å². The van der Waals surface area contributed by atoms with Crippen molar-refractivity contribution in [1.29, 1.82) is 0 Å². The predicted molar refractivity (Wildman–Crippen MR) is 105 cm³/mol.